The minimum atomic E-state index is -2.39. The fourth-order valence-electron chi connectivity index (χ4n) is 0.909. The Morgan fingerprint density at radius 1 is 1.64 bits per heavy atom. The van der Waals surface area contributed by atoms with Crippen molar-refractivity contribution < 1.29 is 13.2 Å². The Balaban J connectivity index is 2.31. The van der Waals surface area contributed by atoms with Crippen LogP contribution in [0.4, 0.5) is 13.2 Å². The minimum absolute atomic E-state index is 0.111. The lowest BCUT2D eigenvalue weighted by atomic mass is 10.2. The van der Waals surface area contributed by atoms with Gasteiger partial charge in [0.05, 0.1) is 12.5 Å². The van der Waals surface area contributed by atoms with E-state index >= 15 is 0 Å². The molecule has 1 heterocycles. The van der Waals surface area contributed by atoms with E-state index in [1.807, 2.05) is 0 Å². The standard InChI is InChI=1S/C6H9F3N2/c7-1-2-11-4-5(3-10-11)6(8)9/h3,5-6H,1-2,4H2. The predicted molar refractivity (Wildman–Crippen MR) is 35.5 cm³/mol. The largest absolute Gasteiger partial charge is 0.294 e. The number of hydrogen-bond acceptors (Lipinski definition) is 2. The Labute approximate surface area is 62.7 Å². The summed E-state index contributed by atoms with van der Waals surface area (Å²) >= 11 is 0. The highest BCUT2D eigenvalue weighted by molar-refractivity contribution is 5.63. The molecule has 5 heteroatoms. The van der Waals surface area contributed by atoms with Crippen LogP contribution in [0.15, 0.2) is 5.10 Å². The lowest BCUT2D eigenvalue weighted by Gasteiger charge is -2.12. The van der Waals surface area contributed by atoms with Crippen molar-refractivity contribution in [1.82, 2.24) is 5.01 Å². The molecule has 1 unspecified atom stereocenters. The van der Waals surface area contributed by atoms with Crippen LogP contribution >= 0.6 is 0 Å². The molecule has 1 rings (SSSR count). The summed E-state index contributed by atoms with van der Waals surface area (Å²) < 4.78 is 35.6. The second-order valence-corrected chi connectivity index (χ2v) is 2.36. The van der Waals surface area contributed by atoms with E-state index in [1.54, 1.807) is 0 Å². The van der Waals surface area contributed by atoms with Gasteiger partial charge in [-0.1, -0.05) is 0 Å². The molecule has 1 atom stereocenters. The second-order valence-electron chi connectivity index (χ2n) is 2.36. The van der Waals surface area contributed by atoms with Crippen LogP contribution in [-0.2, 0) is 0 Å². The van der Waals surface area contributed by atoms with Gasteiger partial charge in [-0.05, 0) is 0 Å². The molecule has 0 aliphatic carbocycles. The van der Waals surface area contributed by atoms with E-state index in [4.69, 9.17) is 0 Å². The van der Waals surface area contributed by atoms with Crippen LogP contribution in [0.3, 0.4) is 0 Å². The third-order valence-corrected chi connectivity index (χ3v) is 1.51. The number of rotatable bonds is 3. The summed E-state index contributed by atoms with van der Waals surface area (Å²) in [6.45, 7) is -0.297. The zero-order chi connectivity index (χ0) is 8.27. The van der Waals surface area contributed by atoms with Crippen molar-refractivity contribution in [3.05, 3.63) is 0 Å². The normalized spacial score (nSPS) is 23.6. The second kappa shape index (κ2) is 3.59. The SMILES string of the molecule is FCCN1CC(C(F)F)C=N1. The van der Waals surface area contributed by atoms with Crippen LogP contribution in [0, 0.1) is 5.92 Å². The van der Waals surface area contributed by atoms with Crippen LogP contribution in [-0.4, -0.2) is 37.4 Å². The van der Waals surface area contributed by atoms with E-state index in [-0.39, 0.29) is 13.1 Å². The zero-order valence-electron chi connectivity index (χ0n) is 5.88. The number of hydrogen-bond donors (Lipinski definition) is 0. The van der Waals surface area contributed by atoms with Gasteiger partial charge in [0.25, 0.3) is 0 Å². The molecule has 0 saturated carbocycles. The monoisotopic (exact) mass is 166 g/mol. The molecule has 0 aromatic rings. The van der Waals surface area contributed by atoms with E-state index < -0.39 is 19.0 Å². The lowest BCUT2D eigenvalue weighted by molar-refractivity contribution is 0.0976. The van der Waals surface area contributed by atoms with Crippen LogP contribution in [0.2, 0.25) is 0 Å². The van der Waals surface area contributed by atoms with Crippen molar-refractivity contribution in [3.63, 3.8) is 0 Å². The predicted octanol–water partition coefficient (Wildman–Crippen LogP) is 1.14. The van der Waals surface area contributed by atoms with Crippen LogP contribution < -0.4 is 0 Å². The summed E-state index contributed by atoms with van der Waals surface area (Å²) in [4.78, 5) is 0. The van der Waals surface area contributed by atoms with E-state index in [0.29, 0.717) is 0 Å². The highest BCUT2D eigenvalue weighted by Gasteiger charge is 2.25. The van der Waals surface area contributed by atoms with Gasteiger partial charge in [0.2, 0.25) is 6.43 Å². The van der Waals surface area contributed by atoms with E-state index in [9.17, 15) is 13.2 Å². The van der Waals surface area contributed by atoms with Crippen LogP contribution in [0.25, 0.3) is 0 Å². The van der Waals surface area contributed by atoms with Gasteiger partial charge in [0, 0.05) is 12.8 Å². The summed E-state index contributed by atoms with van der Waals surface area (Å²) in [6.07, 6.45) is -1.20. The molecular weight excluding hydrogens is 157 g/mol. The molecule has 0 saturated heterocycles. The minimum Gasteiger partial charge on any atom is -0.294 e. The molecule has 0 aromatic carbocycles. The van der Waals surface area contributed by atoms with Gasteiger partial charge in [-0.3, -0.25) is 5.01 Å². The molecule has 11 heavy (non-hydrogen) atoms. The molecule has 1 aliphatic rings. The van der Waals surface area contributed by atoms with E-state index in [0.717, 1.165) is 0 Å². The van der Waals surface area contributed by atoms with Crippen molar-refractivity contribution in [3.8, 4) is 0 Å². The summed E-state index contributed by atoms with van der Waals surface area (Å²) in [7, 11) is 0. The zero-order valence-corrected chi connectivity index (χ0v) is 5.88. The molecule has 0 spiro atoms. The summed E-state index contributed by atoms with van der Waals surface area (Å²) in [5.41, 5.74) is 0. The molecule has 0 amide bonds. The molecule has 0 radical (unpaired) electrons. The lowest BCUT2D eigenvalue weighted by Crippen LogP contribution is -2.24. The van der Waals surface area contributed by atoms with E-state index in [2.05, 4.69) is 5.10 Å². The van der Waals surface area contributed by atoms with Gasteiger partial charge < -0.3 is 0 Å². The number of hydrazone groups is 1. The van der Waals surface area contributed by atoms with Gasteiger partial charge in [0.15, 0.2) is 0 Å². The first-order valence-corrected chi connectivity index (χ1v) is 3.37. The number of halogens is 3. The Kier molecular flexibility index (Phi) is 2.73. The molecule has 64 valence electrons. The Morgan fingerprint density at radius 2 is 2.36 bits per heavy atom. The van der Waals surface area contributed by atoms with Crippen molar-refractivity contribution in [2.24, 2.45) is 11.0 Å². The first kappa shape index (κ1) is 8.36. The average molecular weight is 166 g/mol. The molecule has 2 nitrogen and oxygen atoms in total. The third-order valence-electron chi connectivity index (χ3n) is 1.51. The van der Waals surface area contributed by atoms with Gasteiger partial charge in [-0.15, -0.1) is 0 Å². The van der Waals surface area contributed by atoms with Gasteiger partial charge in [0.1, 0.15) is 6.67 Å². The van der Waals surface area contributed by atoms with Gasteiger partial charge in [-0.25, -0.2) is 13.2 Å². The molecule has 0 fully saturated rings. The van der Waals surface area contributed by atoms with Gasteiger partial charge in [-0.2, -0.15) is 5.10 Å². The molecule has 0 bridgehead atoms. The smallest absolute Gasteiger partial charge is 0.248 e. The van der Waals surface area contributed by atoms with Crippen molar-refractivity contribution >= 4 is 6.21 Å². The van der Waals surface area contributed by atoms with Crippen molar-refractivity contribution in [1.29, 1.82) is 0 Å². The summed E-state index contributed by atoms with van der Waals surface area (Å²) in [5.74, 6) is -0.818. The van der Waals surface area contributed by atoms with Crippen LogP contribution in [0.5, 0.6) is 0 Å². The maximum atomic E-state index is 11.9. The molecular formula is C6H9F3N2. The quantitative estimate of drug-likeness (QED) is 0.613. The Hall–Kier alpha value is -0.740. The number of alkyl halides is 3. The molecule has 0 aromatic heterocycles. The van der Waals surface area contributed by atoms with Crippen LogP contribution in [0.1, 0.15) is 0 Å². The van der Waals surface area contributed by atoms with E-state index in [1.165, 1.54) is 11.2 Å². The van der Waals surface area contributed by atoms with Crippen molar-refractivity contribution in [2.75, 3.05) is 19.8 Å². The Bertz CT molecular complexity index is 149. The average Bonchev–Trinajstić information content (AvgIpc) is 2.37. The molecule has 1 aliphatic heterocycles. The molecule has 0 N–H and O–H groups in total. The fourth-order valence-corrected chi connectivity index (χ4v) is 0.909. The maximum absolute atomic E-state index is 11.9. The highest BCUT2D eigenvalue weighted by Crippen LogP contribution is 2.14. The first-order chi connectivity index (χ1) is 5.24. The Morgan fingerprint density at radius 3 is 2.82 bits per heavy atom. The summed E-state index contributed by atoms with van der Waals surface area (Å²) in [6, 6.07) is 0. The highest BCUT2D eigenvalue weighted by atomic mass is 19.3. The summed E-state index contributed by atoms with van der Waals surface area (Å²) in [5, 5.41) is 4.93. The van der Waals surface area contributed by atoms with Crippen molar-refractivity contribution in [2.45, 2.75) is 6.43 Å². The number of nitrogens with zero attached hydrogens (tertiary/aromatic N) is 2. The first-order valence-electron chi connectivity index (χ1n) is 3.37. The third kappa shape index (κ3) is 2.10. The fraction of sp³-hybridized carbons (Fsp3) is 0.833. The topological polar surface area (TPSA) is 15.6 Å². The maximum Gasteiger partial charge on any atom is 0.248 e. The van der Waals surface area contributed by atoms with Gasteiger partial charge >= 0.3 is 0 Å².